The van der Waals surface area contributed by atoms with E-state index in [1.54, 1.807) is 58.8 Å². The Labute approximate surface area is 258 Å². The van der Waals surface area contributed by atoms with Crippen molar-refractivity contribution in [3.8, 4) is 34.1 Å². The van der Waals surface area contributed by atoms with E-state index >= 15 is 0 Å². The number of anilines is 2. The number of carbonyl (C=O) groups is 2. The minimum absolute atomic E-state index is 0.168. The SMILES string of the molecule is COc1ccc(NC(=O)[C@@H](CC(C)C)Nc2ccc3c(cc2=O)[C@H](NC(C)=O)CCc2cc(OC)c(OC)c(OC)c2-3)cc1. The van der Waals surface area contributed by atoms with Gasteiger partial charge in [-0.2, -0.15) is 0 Å². The Morgan fingerprint density at radius 1 is 0.909 bits per heavy atom. The molecule has 4 rings (SSSR count). The maximum absolute atomic E-state index is 13.8. The maximum Gasteiger partial charge on any atom is 0.246 e. The van der Waals surface area contributed by atoms with Crippen LogP contribution in [0.3, 0.4) is 0 Å². The van der Waals surface area contributed by atoms with Gasteiger partial charge in [-0.3, -0.25) is 14.4 Å². The van der Waals surface area contributed by atoms with Gasteiger partial charge in [0.1, 0.15) is 11.8 Å². The van der Waals surface area contributed by atoms with Crippen molar-refractivity contribution in [3.63, 3.8) is 0 Å². The van der Waals surface area contributed by atoms with Crippen LogP contribution in [0.2, 0.25) is 0 Å². The lowest BCUT2D eigenvalue weighted by Crippen LogP contribution is -2.37. The van der Waals surface area contributed by atoms with Crippen molar-refractivity contribution in [2.75, 3.05) is 39.1 Å². The average Bonchev–Trinajstić information content (AvgIpc) is 3.24. The summed E-state index contributed by atoms with van der Waals surface area (Å²) < 4.78 is 22.3. The predicted octanol–water partition coefficient (Wildman–Crippen LogP) is 5.34. The third kappa shape index (κ3) is 7.07. The van der Waals surface area contributed by atoms with Crippen molar-refractivity contribution < 1.29 is 28.5 Å². The van der Waals surface area contributed by atoms with E-state index < -0.39 is 12.1 Å². The Balaban J connectivity index is 1.82. The molecule has 0 heterocycles. The van der Waals surface area contributed by atoms with Gasteiger partial charge < -0.3 is 34.9 Å². The number of amides is 2. The minimum atomic E-state index is -0.690. The lowest BCUT2D eigenvalue weighted by molar-refractivity contribution is -0.120. The summed E-state index contributed by atoms with van der Waals surface area (Å²) in [4.78, 5) is 39.5. The molecule has 3 aromatic carbocycles. The highest BCUT2D eigenvalue weighted by molar-refractivity contribution is 5.96. The molecule has 0 fully saturated rings. The number of methoxy groups -OCH3 is 4. The highest BCUT2D eigenvalue weighted by Gasteiger charge is 2.30. The fraction of sp³-hybridized carbons (Fsp3) is 0.382. The van der Waals surface area contributed by atoms with E-state index in [0.717, 1.165) is 11.1 Å². The van der Waals surface area contributed by atoms with Gasteiger partial charge in [-0.15, -0.1) is 0 Å². The van der Waals surface area contributed by atoms with Gasteiger partial charge in [-0.25, -0.2) is 0 Å². The number of nitrogens with one attached hydrogen (secondary N) is 3. The third-order valence-corrected chi connectivity index (χ3v) is 7.63. The van der Waals surface area contributed by atoms with E-state index in [4.69, 9.17) is 18.9 Å². The second kappa shape index (κ2) is 14.2. The molecule has 0 bridgehead atoms. The monoisotopic (exact) mass is 603 g/mol. The number of ether oxygens (including phenoxy) is 4. The van der Waals surface area contributed by atoms with Gasteiger partial charge in [0.15, 0.2) is 11.5 Å². The zero-order chi connectivity index (χ0) is 32.0. The summed E-state index contributed by atoms with van der Waals surface area (Å²) in [7, 11) is 6.24. The van der Waals surface area contributed by atoms with Crippen molar-refractivity contribution in [3.05, 3.63) is 69.9 Å². The van der Waals surface area contributed by atoms with Crippen LogP contribution < -0.4 is 40.3 Å². The molecule has 3 N–H and O–H groups in total. The summed E-state index contributed by atoms with van der Waals surface area (Å²) in [5.74, 6) is 1.79. The summed E-state index contributed by atoms with van der Waals surface area (Å²) in [5, 5.41) is 9.17. The molecule has 0 saturated heterocycles. The number of hydrogen-bond acceptors (Lipinski definition) is 8. The molecule has 0 saturated carbocycles. The van der Waals surface area contributed by atoms with Gasteiger partial charge in [0.25, 0.3) is 0 Å². The van der Waals surface area contributed by atoms with Crippen LogP contribution in [0.5, 0.6) is 23.0 Å². The summed E-state index contributed by atoms with van der Waals surface area (Å²) in [6.45, 7) is 5.49. The summed E-state index contributed by atoms with van der Waals surface area (Å²) in [6.07, 6.45) is 1.63. The molecule has 0 aliphatic heterocycles. The molecule has 0 radical (unpaired) electrons. The van der Waals surface area contributed by atoms with Crippen LogP contribution in [-0.4, -0.2) is 46.3 Å². The lowest BCUT2D eigenvalue weighted by atomic mass is 9.95. The normalized spacial score (nSPS) is 14.3. The van der Waals surface area contributed by atoms with Crippen LogP contribution in [-0.2, 0) is 16.0 Å². The van der Waals surface area contributed by atoms with E-state index in [2.05, 4.69) is 16.0 Å². The highest BCUT2D eigenvalue weighted by Crippen LogP contribution is 2.50. The first-order valence-electron chi connectivity index (χ1n) is 14.6. The van der Waals surface area contributed by atoms with E-state index in [-0.39, 0.29) is 28.8 Å². The molecule has 2 amide bonds. The second-order valence-electron chi connectivity index (χ2n) is 11.1. The minimum Gasteiger partial charge on any atom is -0.497 e. The Kier molecular flexibility index (Phi) is 10.4. The lowest BCUT2D eigenvalue weighted by Gasteiger charge is -2.21. The van der Waals surface area contributed by atoms with Crippen LogP contribution in [0.25, 0.3) is 11.1 Å². The number of hydrogen-bond donors (Lipinski definition) is 3. The number of carbonyl (C=O) groups excluding carboxylic acids is 2. The molecule has 0 aromatic heterocycles. The predicted molar refractivity (Wildman–Crippen MR) is 171 cm³/mol. The highest BCUT2D eigenvalue weighted by atomic mass is 16.5. The van der Waals surface area contributed by atoms with Crippen molar-refractivity contribution in [1.29, 1.82) is 0 Å². The molecule has 1 aliphatic carbocycles. The van der Waals surface area contributed by atoms with Gasteiger partial charge in [-0.05, 0) is 84.3 Å². The summed E-state index contributed by atoms with van der Waals surface area (Å²) >= 11 is 0. The van der Waals surface area contributed by atoms with E-state index in [0.29, 0.717) is 59.1 Å². The van der Waals surface area contributed by atoms with E-state index in [1.807, 2.05) is 26.0 Å². The van der Waals surface area contributed by atoms with Crippen molar-refractivity contribution in [1.82, 2.24) is 5.32 Å². The molecule has 2 atom stereocenters. The Hall–Kier alpha value is -4.73. The van der Waals surface area contributed by atoms with Crippen molar-refractivity contribution in [2.24, 2.45) is 5.92 Å². The Morgan fingerprint density at radius 2 is 1.61 bits per heavy atom. The Morgan fingerprint density at radius 3 is 2.20 bits per heavy atom. The standard InChI is InChI=1S/C34H41N3O7/c1-19(2)16-28(34(40)36-22-9-11-23(41-4)12-10-22)37-27-15-13-24-25(18-29(27)39)26(35-20(3)38)14-8-21-17-30(42-5)32(43-6)33(44-7)31(21)24/h9-13,15,17-19,26,28H,8,14,16H2,1-7H3,(H,35,38)(H,36,40)(H,37,39)/t26-,28-/m1/s1. The molecule has 1 aliphatic rings. The van der Waals surface area contributed by atoms with Crippen LogP contribution in [0.1, 0.15) is 50.8 Å². The number of fused-ring (bicyclic) bond motifs is 3. The van der Waals surface area contributed by atoms with Crippen molar-refractivity contribution in [2.45, 2.75) is 52.1 Å². The third-order valence-electron chi connectivity index (χ3n) is 7.63. The van der Waals surface area contributed by atoms with Gasteiger partial charge in [0.2, 0.25) is 23.0 Å². The first kappa shape index (κ1) is 32.2. The molecule has 10 heteroatoms. The fourth-order valence-electron chi connectivity index (χ4n) is 5.62. The molecular weight excluding hydrogens is 562 g/mol. The van der Waals surface area contributed by atoms with E-state index in [9.17, 15) is 14.4 Å². The van der Waals surface area contributed by atoms with Gasteiger partial charge in [0.05, 0.1) is 40.2 Å². The molecule has 3 aromatic rings. The van der Waals surface area contributed by atoms with E-state index in [1.165, 1.54) is 13.0 Å². The van der Waals surface area contributed by atoms with Gasteiger partial charge >= 0.3 is 0 Å². The maximum atomic E-state index is 13.8. The number of benzene rings is 2. The smallest absolute Gasteiger partial charge is 0.246 e. The topological polar surface area (TPSA) is 124 Å². The average molecular weight is 604 g/mol. The first-order valence-corrected chi connectivity index (χ1v) is 14.6. The first-order chi connectivity index (χ1) is 21.1. The van der Waals surface area contributed by atoms with Gasteiger partial charge in [-0.1, -0.05) is 19.9 Å². The quantitative estimate of drug-likeness (QED) is 0.269. The van der Waals surface area contributed by atoms with Crippen LogP contribution in [0.15, 0.2) is 53.3 Å². The summed E-state index contributed by atoms with van der Waals surface area (Å²) in [6, 6.07) is 12.9. The zero-order valence-corrected chi connectivity index (χ0v) is 26.3. The van der Waals surface area contributed by atoms with Crippen LogP contribution in [0.4, 0.5) is 11.4 Å². The zero-order valence-electron chi connectivity index (χ0n) is 26.3. The van der Waals surface area contributed by atoms with Gasteiger partial charge in [0, 0.05) is 18.2 Å². The molecular formula is C34H41N3O7. The summed E-state index contributed by atoms with van der Waals surface area (Å²) in [5.41, 5.74) is 3.61. The number of rotatable bonds is 11. The van der Waals surface area contributed by atoms with Crippen molar-refractivity contribution >= 4 is 23.2 Å². The number of aryl methyl sites for hydroxylation is 1. The van der Waals surface area contributed by atoms with Crippen LogP contribution >= 0.6 is 0 Å². The van der Waals surface area contributed by atoms with Crippen LogP contribution in [0, 0.1) is 5.92 Å². The molecule has 0 spiro atoms. The second-order valence-corrected chi connectivity index (χ2v) is 11.1. The molecule has 10 nitrogen and oxygen atoms in total. The molecule has 0 unspecified atom stereocenters. The fourth-order valence-corrected chi connectivity index (χ4v) is 5.62. The Bertz CT molecular complexity index is 1570. The molecule has 44 heavy (non-hydrogen) atoms. The molecule has 234 valence electrons. The largest absolute Gasteiger partial charge is 0.497 e.